The first-order valence-electron chi connectivity index (χ1n) is 10.7. The highest BCUT2D eigenvalue weighted by Gasteiger charge is 2.34. The topological polar surface area (TPSA) is 67.9 Å². The molecule has 0 fully saturated rings. The van der Waals surface area contributed by atoms with E-state index in [2.05, 4.69) is 5.32 Å². The number of methoxy groups -OCH3 is 1. The SMILES string of the molecule is CCOc1ccc([C@@H](CC(=O)Nc2ccc(F)cc2)N2Cc3ccccc3C2=O)cc1OC. The molecule has 0 saturated heterocycles. The normalized spacial score (nSPS) is 13.4. The standard InChI is InChI=1S/C26H25FN2O4/c1-3-33-23-13-8-17(14-24(23)32-2)22(15-25(30)28-20-11-9-19(27)10-12-20)29-16-18-6-4-5-7-21(18)26(29)31/h4-14,22H,3,15-16H2,1-2H3,(H,28,30)/t22-/m1/s1. The van der Waals surface area contributed by atoms with Crippen molar-refractivity contribution in [2.75, 3.05) is 19.0 Å². The van der Waals surface area contributed by atoms with Crippen LogP contribution in [0.3, 0.4) is 0 Å². The molecule has 4 rings (SSSR count). The van der Waals surface area contributed by atoms with Gasteiger partial charge in [-0.2, -0.15) is 0 Å². The molecular formula is C26H25FN2O4. The Labute approximate surface area is 191 Å². The first-order valence-corrected chi connectivity index (χ1v) is 10.7. The number of carbonyl (C=O) groups is 2. The van der Waals surface area contributed by atoms with Crippen molar-refractivity contribution in [3.05, 3.63) is 89.2 Å². The predicted octanol–water partition coefficient (Wildman–Crippen LogP) is 4.96. The molecule has 170 valence electrons. The minimum Gasteiger partial charge on any atom is -0.493 e. The molecule has 6 nitrogen and oxygen atoms in total. The number of rotatable bonds is 8. The Bertz CT molecular complexity index is 1160. The zero-order valence-corrected chi connectivity index (χ0v) is 18.5. The van der Waals surface area contributed by atoms with Crippen LogP contribution in [-0.4, -0.2) is 30.4 Å². The Kier molecular flexibility index (Phi) is 6.58. The van der Waals surface area contributed by atoms with Gasteiger partial charge >= 0.3 is 0 Å². The van der Waals surface area contributed by atoms with E-state index in [0.717, 1.165) is 11.1 Å². The number of anilines is 1. The van der Waals surface area contributed by atoms with Gasteiger partial charge in [0, 0.05) is 17.8 Å². The number of ether oxygens (including phenoxy) is 2. The van der Waals surface area contributed by atoms with Crippen LogP contribution < -0.4 is 14.8 Å². The van der Waals surface area contributed by atoms with Crippen molar-refractivity contribution in [3.8, 4) is 11.5 Å². The molecule has 3 aromatic carbocycles. The number of fused-ring (bicyclic) bond motifs is 1. The van der Waals surface area contributed by atoms with Gasteiger partial charge in [0.2, 0.25) is 5.91 Å². The highest BCUT2D eigenvalue weighted by atomic mass is 19.1. The summed E-state index contributed by atoms with van der Waals surface area (Å²) in [5.74, 6) is 0.325. The van der Waals surface area contributed by atoms with Gasteiger partial charge in [-0.1, -0.05) is 24.3 Å². The highest BCUT2D eigenvalue weighted by Crippen LogP contribution is 2.37. The number of nitrogens with one attached hydrogen (secondary N) is 1. The van der Waals surface area contributed by atoms with Crippen molar-refractivity contribution < 1.29 is 23.5 Å². The average molecular weight is 448 g/mol. The molecule has 1 aliphatic rings. The zero-order chi connectivity index (χ0) is 23.4. The van der Waals surface area contributed by atoms with Crippen LogP contribution in [0.5, 0.6) is 11.5 Å². The second kappa shape index (κ2) is 9.73. The van der Waals surface area contributed by atoms with E-state index < -0.39 is 6.04 Å². The molecule has 3 aromatic rings. The molecule has 0 unspecified atom stereocenters. The van der Waals surface area contributed by atoms with E-state index in [4.69, 9.17) is 9.47 Å². The van der Waals surface area contributed by atoms with Crippen molar-refractivity contribution in [1.29, 1.82) is 0 Å². The Morgan fingerprint density at radius 1 is 1.09 bits per heavy atom. The summed E-state index contributed by atoms with van der Waals surface area (Å²) in [5.41, 5.74) is 2.80. The fourth-order valence-corrected chi connectivity index (χ4v) is 4.02. The van der Waals surface area contributed by atoms with Crippen molar-refractivity contribution in [2.24, 2.45) is 0 Å². The van der Waals surface area contributed by atoms with Crippen molar-refractivity contribution in [3.63, 3.8) is 0 Å². The third kappa shape index (κ3) is 4.82. The maximum atomic E-state index is 13.2. The summed E-state index contributed by atoms with van der Waals surface area (Å²) >= 11 is 0. The van der Waals surface area contributed by atoms with Gasteiger partial charge in [0.1, 0.15) is 5.82 Å². The van der Waals surface area contributed by atoms with E-state index in [1.165, 1.54) is 24.3 Å². The van der Waals surface area contributed by atoms with Gasteiger partial charge in [-0.25, -0.2) is 4.39 Å². The van der Waals surface area contributed by atoms with E-state index >= 15 is 0 Å². The van der Waals surface area contributed by atoms with Gasteiger partial charge in [-0.3, -0.25) is 9.59 Å². The smallest absolute Gasteiger partial charge is 0.255 e. The summed E-state index contributed by atoms with van der Waals surface area (Å²) in [4.78, 5) is 27.9. The third-order valence-electron chi connectivity index (χ3n) is 5.60. The van der Waals surface area contributed by atoms with Gasteiger partial charge < -0.3 is 19.7 Å². The fourth-order valence-electron chi connectivity index (χ4n) is 4.02. The number of amides is 2. The molecule has 0 radical (unpaired) electrons. The Hall–Kier alpha value is -3.87. The number of hydrogen-bond acceptors (Lipinski definition) is 4. The molecule has 33 heavy (non-hydrogen) atoms. The maximum Gasteiger partial charge on any atom is 0.255 e. The van der Waals surface area contributed by atoms with Gasteiger partial charge in [-0.05, 0) is 60.5 Å². The monoisotopic (exact) mass is 448 g/mol. The predicted molar refractivity (Wildman–Crippen MR) is 123 cm³/mol. The number of hydrogen-bond donors (Lipinski definition) is 1. The van der Waals surface area contributed by atoms with Crippen LogP contribution >= 0.6 is 0 Å². The fraction of sp³-hybridized carbons (Fsp3) is 0.231. The van der Waals surface area contributed by atoms with Crippen LogP contribution in [0.2, 0.25) is 0 Å². The second-order valence-electron chi connectivity index (χ2n) is 7.71. The van der Waals surface area contributed by atoms with Gasteiger partial charge in [0.15, 0.2) is 11.5 Å². The first kappa shape index (κ1) is 22.3. The summed E-state index contributed by atoms with van der Waals surface area (Å²) in [6.07, 6.45) is 0.0221. The molecule has 0 spiro atoms. The largest absolute Gasteiger partial charge is 0.493 e. The van der Waals surface area contributed by atoms with Crippen LogP contribution in [0.15, 0.2) is 66.7 Å². The Morgan fingerprint density at radius 3 is 2.55 bits per heavy atom. The minimum absolute atomic E-state index is 0.0221. The summed E-state index contributed by atoms with van der Waals surface area (Å²) in [5, 5.41) is 2.79. The first-order chi connectivity index (χ1) is 16.0. The molecule has 0 bridgehead atoms. The lowest BCUT2D eigenvalue weighted by Gasteiger charge is -2.28. The highest BCUT2D eigenvalue weighted by molar-refractivity contribution is 5.99. The van der Waals surface area contributed by atoms with Crippen LogP contribution in [-0.2, 0) is 11.3 Å². The second-order valence-corrected chi connectivity index (χ2v) is 7.71. The number of halogens is 1. The number of benzene rings is 3. The molecule has 2 amide bonds. The molecule has 0 aromatic heterocycles. The lowest BCUT2D eigenvalue weighted by Crippen LogP contribution is -2.32. The van der Waals surface area contributed by atoms with E-state index in [0.29, 0.717) is 35.9 Å². The van der Waals surface area contributed by atoms with Gasteiger partial charge in [0.25, 0.3) is 5.91 Å². The van der Waals surface area contributed by atoms with E-state index in [1.54, 1.807) is 30.2 Å². The van der Waals surface area contributed by atoms with E-state index in [1.807, 2.05) is 31.2 Å². The van der Waals surface area contributed by atoms with E-state index in [9.17, 15) is 14.0 Å². The van der Waals surface area contributed by atoms with Crippen LogP contribution in [0.25, 0.3) is 0 Å². The Morgan fingerprint density at radius 2 is 1.85 bits per heavy atom. The maximum absolute atomic E-state index is 13.2. The zero-order valence-electron chi connectivity index (χ0n) is 18.5. The number of nitrogens with zero attached hydrogens (tertiary/aromatic N) is 1. The Balaban J connectivity index is 1.65. The molecule has 1 heterocycles. The van der Waals surface area contributed by atoms with Crippen LogP contribution in [0.1, 0.15) is 40.9 Å². The van der Waals surface area contributed by atoms with Crippen molar-refractivity contribution in [2.45, 2.75) is 25.9 Å². The van der Waals surface area contributed by atoms with Crippen LogP contribution in [0.4, 0.5) is 10.1 Å². The van der Waals surface area contributed by atoms with E-state index in [-0.39, 0.29) is 24.1 Å². The number of carbonyl (C=O) groups excluding carboxylic acids is 2. The molecule has 1 N–H and O–H groups in total. The summed E-state index contributed by atoms with van der Waals surface area (Å²) in [7, 11) is 1.55. The minimum atomic E-state index is -0.532. The summed E-state index contributed by atoms with van der Waals surface area (Å²) in [6, 6.07) is 17.9. The van der Waals surface area contributed by atoms with Gasteiger partial charge in [-0.15, -0.1) is 0 Å². The average Bonchev–Trinajstić information content (AvgIpc) is 3.16. The quantitative estimate of drug-likeness (QED) is 0.529. The molecule has 0 saturated carbocycles. The molecular weight excluding hydrogens is 423 g/mol. The molecule has 7 heteroatoms. The molecule has 0 aliphatic carbocycles. The lowest BCUT2D eigenvalue weighted by atomic mass is 10.0. The lowest BCUT2D eigenvalue weighted by molar-refractivity contribution is -0.117. The third-order valence-corrected chi connectivity index (χ3v) is 5.60. The summed E-state index contributed by atoms with van der Waals surface area (Å²) < 4.78 is 24.3. The van der Waals surface area contributed by atoms with Crippen molar-refractivity contribution >= 4 is 17.5 Å². The van der Waals surface area contributed by atoms with Crippen LogP contribution in [0, 0.1) is 5.82 Å². The molecule has 1 atom stereocenters. The summed E-state index contributed by atoms with van der Waals surface area (Å²) in [6.45, 7) is 2.77. The molecule has 1 aliphatic heterocycles. The van der Waals surface area contributed by atoms with Gasteiger partial charge in [0.05, 0.1) is 26.2 Å². The van der Waals surface area contributed by atoms with Crippen molar-refractivity contribution in [1.82, 2.24) is 4.90 Å².